The number of aliphatic carboxylic acids is 1. The van der Waals surface area contributed by atoms with Gasteiger partial charge in [-0.2, -0.15) is 4.31 Å². The molecule has 1 aliphatic rings. The van der Waals surface area contributed by atoms with E-state index in [9.17, 15) is 13.2 Å². The van der Waals surface area contributed by atoms with E-state index in [0.29, 0.717) is 18.9 Å². The van der Waals surface area contributed by atoms with Crippen LogP contribution >= 0.6 is 0 Å². The van der Waals surface area contributed by atoms with Crippen molar-refractivity contribution >= 4 is 16.0 Å². The third-order valence-corrected chi connectivity index (χ3v) is 4.69. The number of carboxylic acids is 1. The zero-order valence-electron chi connectivity index (χ0n) is 9.56. The van der Waals surface area contributed by atoms with Gasteiger partial charge in [0.05, 0.1) is 12.3 Å². The van der Waals surface area contributed by atoms with E-state index in [-0.39, 0.29) is 6.54 Å². The van der Waals surface area contributed by atoms with Crippen molar-refractivity contribution in [3.05, 3.63) is 18.2 Å². The standard InChI is InChI=1S/C9H14N4O4S/c10-7(9(14)15)6-18(16,17)13-4-3-12-2-1-11-8(12)5-13/h1-2,7H,3-6,10H2,(H,14,15)/t7-/m0/s1. The molecule has 1 aromatic heterocycles. The lowest BCUT2D eigenvalue weighted by Crippen LogP contribution is -2.45. The Morgan fingerprint density at radius 2 is 2.28 bits per heavy atom. The fourth-order valence-corrected chi connectivity index (χ4v) is 3.27. The zero-order chi connectivity index (χ0) is 13.3. The van der Waals surface area contributed by atoms with Gasteiger partial charge < -0.3 is 15.4 Å². The van der Waals surface area contributed by atoms with Crippen LogP contribution in [0.15, 0.2) is 12.4 Å². The van der Waals surface area contributed by atoms with Crippen molar-refractivity contribution in [2.24, 2.45) is 5.73 Å². The molecular weight excluding hydrogens is 260 g/mol. The van der Waals surface area contributed by atoms with Gasteiger partial charge >= 0.3 is 5.97 Å². The number of imidazole rings is 1. The Balaban J connectivity index is 2.11. The molecule has 0 spiro atoms. The number of hydrogen-bond donors (Lipinski definition) is 2. The third kappa shape index (κ3) is 2.52. The Labute approximate surface area is 104 Å². The van der Waals surface area contributed by atoms with E-state index in [1.165, 1.54) is 4.31 Å². The van der Waals surface area contributed by atoms with E-state index in [0.717, 1.165) is 0 Å². The van der Waals surface area contributed by atoms with Gasteiger partial charge in [0, 0.05) is 25.5 Å². The van der Waals surface area contributed by atoms with Crippen molar-refractivity contribution < 1.29 is 18.3 Å². The van der Waals surface area contributed by atoms with Crippen molar-refractivity contribution in [2.45, 2.75) is 19.1 Å². The van der Waals surface area contributed by atoms with Crippen LogP contribution in [-0.2, 0) is 27.9 Å². The van der Waals surface area contributed by atoms with Crippen LogP contribution in [0.2, 0.25) is 0 Å². The van der Waals surface area contributed by atoms with Crippen LogP contribution in [0.4, 0.5) is 0 Å². The fraction of sp³-hybridized carbons (Fsp3) is 0.556. The lowest BCUT2D eigenvalue weighted by molar-refractivity contribution is -0.137. The van der Waals surface area contributed by atoms with E-state index in [2.05, 4.69) is 4.98 Å². The van der Waals surface area contributed by atoms with Crippen molar-refractivity contribution in [1.82, 2.24) is 13.9 Å². The van der Waals surface area contributed by atoms with Crippen LogP contribution < -0.4 is 5.73 Å². The normalized spacial score (nSPS) is 18.3. The van der Waals surface area contributed by atoms with Crippen molar-refractivity contribution in [1.29, 1.82) is 0 Å². The number of sulfonamides is 1. The van der Waals surface area contributed by atoms with E-state index < -0.39 is 27.8 Å². The first-order valence-corrected chi connectivity index (χ1v) is 6.97. The van der Waals surface area contributed by atoms with Crippen molar-refractivity contribution in [3.63, 3.8) is 0 Å². The maximum atomic E-state index is 12.0. The number of nitrogens with zero attached hydrogens (tertiary/aromatic N) is 3. The Morgan fingerprint density at radius 3 is 2.94 bits per heavy atom. The first kappa shape index (κ1) is 13.0. The predicted octanol–water partition coefficient (Wildman–Crippen LogP) is -1.56. The van der Waals surface area contributed by atoms with Gasteiger partial charge in [-0.1, -0.05) is 0 Å². The molecule has 2 heterocycles. The van der Waals surface area contributed by atoms with Crippen molar-refractivity contribution in [3.8, 4) is 0 Å². The SMILES string of the molecule is N[C@@H](CS(=O)(=O)N1CCn2ccnc2C1)C(=O)O. The van der Waals surface area contributed by atoms with Crippen LogP contribution in [-0.4, -0.2) is 51.7 Å². The van der Waals surface area contributed by atoms with Crippen LogP contribution in [0.5, 0.6) is 0 Å². The largest absolute Gasteiger partial charge is 0.480 e. The van der Waals surface area contributed by atoms with E-state index in [4.69, 9.17) is 10.8 Å². The second-order valence-corrected chi connectivity index (χ2v) is 6.11. The quantitative estimate of drug-likeness (QED) is 0.685. The molecule has 1 aromatic rings. The summed E-state index contributed by atoms with van der Waals surface area (Å²) in [7, 11) is -3.67. The number of nitrogens with two attached hydrogens (primary N) is 1. The number of fused-ring (bicyclic) bond motifs is 1. The number of rotatable bonds is 4. The summed E-state index contributed by atoms with van der Waals surface area (Å²) in [6.45, 7) is 0.969. The van der Waals surface area contributed by atoms with E-state index in [1.54, 1.807) is 12.4 Å². The first-order chi connectivity index (χ1) is 8.40. The molecule has 0 amide bonds. The predicted molar refractivity (Wildman–Crippen MR) is 62.0 cm³/mol. The van der Waals surface area contributed by atoms with Crippen molar-refractivity contribution in [2.75, 3.05) is 12.3 Å². The average molecular weight is 274 g/mol. The molecule has 9 heteroatoms. The van der Waals surface area contributed by atoms with Crippen LogP contribution in [0.25, 0.3) is 0 Å². The fourth-order valence-electron chi connectivity index (χ4n) is 1.79. The molecular formula is C9H14N4O4S. The van der Waals surface area contributed by atoms with Gasteiger partial charge in [-0.25, -0.2) is 13.4 Å². The highest BCUT2D eigenvalue weighted by molar-refractivity contribution is 7.89. The minimum atomic E-state index is -3.67. The molecule has 0 unspecified atom stereocenters. The summed E-state index contributed by atoms with van der Waals surface area (Å²) >= 11 is 0. The molecule has 8 nitrogen and oxygen atoms in total. The molecule has 0 saturated carbocycles. The third-order valence-electron chi connectivity index (χ3n) is 2.81. The molecule has 0 fully saturated rings. The van der Waals surface area contributed by atoms with Gasteiger partial charge in [-0.05, 0) is 0 Å². The number of carbonyl (C=O) groups is 1. The Bertz CT molecular complexity index is 553. The molecule has 0 aromatic carbocycles. The first-order valence-electron chi connectivity index (χ1n) is 5.36. The Hall–Kier alpha value is -1.45. The van der Waals surface area contributed by atoms with Crippen LogP contribution in [0, 0.1) is 0 Å². The molecule has 2 rings (SSSR count). The summed E-state index contributed by atoms with van der Waals surface area (Å²) in [6, 6.07) is -1.41. The van der Waals surface area contributed by atoms with Gasteiger partial charge in [0.25, 0.3) is 0 Å². The molecule has 100 valence electrons. The minimum absolute atomic E-state index is 0.154. The molecule has 18 heavy (non-hydrogen) atoms. The maximum Gasteiger partial charge on any atom is 0.321 e. The van der Waals surface area contributed by atoms with Gasteiger partial charge in [0.1, 0.15) is 11.9 Å². The Morgan fingerprint density at radius 1 is 1.56 bits per heavy atom. The highest BCUT2D eigenvalue weighted by Gasteiger charge is 2.30. The highest BCUT2D eigenvalue weighted by atomic mass is 32.2. The minimum Gasteiger partial charge on any atom is -0.480 e. The second kappa shape index (κ2) is 4.67. The summed E-state index contributed by atoms with van der Waals surface area (Å²) in [5, 5.41) is 8.64. The second-order valence-electron chi connectivity index (χ2n) is 4.09. The van der Waals surface area contributed by atoms with Gasteiger partial charge in [0.2, 0.25) is 10.0 Å². The van der Waals surface area contributed by atoms with Crippen LogP contribution in [0.3, 0.4) is 0 Å². The number of hydrogen-bond acceptors (Lipinski definition) is 5. The molecule has 1 atom stereocenters. The van der Waals surface area contributed by atoms with Gasteiger partial charge in [-0.3, -0.25) is 4.79 Å². The summed E-state index contributed by atoms with van der Waals surface area (Å²) in [4.78, 5) is 14.6. The molecule has 0 aliphatic carbocycles. The van der Waals surface area contributed by atoms with E-state index in [1.807, 2.05) is 4.57 Å². The number of aromatic nitrogens is 2. The molecule has 0 bridgehead atoms. The summed E-state index contributed by atoms with van der Waals surface area (Å²) in [5.41, 5.74) is 5.26. The monoisotopic (exact) mass is 274 g/mol. The summed E-state index contributed by atoms with van der Waals surface area (Å²) < 4.78 is 27.0. The lowest BCUT2D eigenvalue weighted by Gasteiger charge is -2.27. The Kier molecular flexibility index (Phi) is 3.37. The summed E-state index contributed by atoms with van der Waals surface area (Å²) in [5.74, 6) is -1.27. The smallest absolute Gasteiger partial charge is 0.321 e. The van der Waals surface area contributed by atoms with Gasteiger partial charge in [0.15, 0.2) is 0 Å². The maximum absolute atomic E-state index is 12.0. The topological polar surface area (TPSA) is 119 Å². The summed E-state index contributed by atoms with van der Waals surface area (Å²) in [6.07, 6.45) is 3.39. The number of carboxylic acid groups (broad SMARTS) is 1. The molecule has 1 aliphatic heterocycles. The molecule has 3 N–H and O–H groups in total. The lowest BCUT2D eigenvalue weighted by atomic mass is 10.4. The molecule has 0 saturated heterocycles. The average Bonchev–Trinajstić information content (AvgIpc) is 2.74. The zero-order valence-corrected chi connectivity index (χ0v) is 10.4. The van der Waals surface area contributed by atoms with Crippen LogP contribution in [0.1, 0.15) is 5.82 Å². The van der Waals surface area contributed by atoms with E-state index >= 15 is 0 Å². The highest BCUT2D eigenvalue weighted by Crippen LogP contribution is 2.14. The van der Waals surface area contributed by atoms with Gasteiger partial charge in [-0.15, -0.1) is 0 Å². The molecule has 0 radical (unpaired) electrons.